The summed E-state index contributed by atoms with van der Waals surface area (Å²) < 4.78 is 38.9. The van der Waals surface area contributed by atoms with E-state index in [0.717, 1.165) is 16.9 Å². The summed E-state index contributed by atoms with van der Waals surface area (Å²) in [5.41, 5.74) is 0.582. The molecule has 0 saturated carbocycles. The van der Waals surface area contributed by atoms with Gasteiger partial charge in [-0.05, 0) is 41.6 Å². The Morgan fingerprint density at radius 3 is 2.43 bits per heavy atom. The first-order valence-corrected chi connectivity index (χ1v) is 7.96. The van der Waals surface area contributed by atoms with Crippen molar-refractivity contribution in [2.24, 2.45) is 0 Å². The molecule has 0 radical (unpaired) electrons. The van der Waals surface area contributed by atoms with Crippen LogP contribution in [0.15, 0.2) is 42.5 Å². The van der Waals surface area contributed by atoms with Crippen LogP contribution < -0.4 is 10.6 Å². The SMILES string of the molecule is O=C(Cn1nnc(-c2ccc(F)cc2)n1)NCC(=O)Nc1ccc(F)c(F)c1. The van der Waals surface area contributed by atoms with Crippen LogP contribution in [0.5, 0.6) is 0 Å². The number of halogens is 3. The van der Waals surface area contributed by atoms with E-state index in [2.05, 4.69) is 26.0 Å². The number of carbonyl (C=O) groups excluding carboxylic acids is 2. The third kappa shape index (κ3) is 4.90. The fourth-order valence-corrected chi connectivity index (χ4v) is 2.17. The summed E-state index contributed by atoms with van der Waals surface area (Å²) in [5.74, 6) is -3.52. The normalized spacial score (nSPS) is 10.5. The predicted octanol–water partition coefficient (Wildman–Crippen LogP) is 1.51. The number of tetrazole rings is 1. The van der Waals surface area contributed by atoms with Gasteiger partial charge >= 0.3 is 0 Å². The Balaban J connectivity index is 1.49. The highest BCUT2D eigenvalue weighted by Gasteiger charge is 2.11. The summed E-state index contributed by atoms with van der Waals surface area (Å²) in [6.45, 7) is -0.690. The zero-order valence-electron chi connectivity index (χ0n) is 14.2. The second kappa shape index (κ2) is 8.29. The molecular weight excluding hydrogens is 377 g/mol. The van der Waals surface area contributed by atoms with Crippen LogP contribution in [0.25, 0.3) is 11.4 Å². The molecule has 1 aromatic heterocycles. The van der Waals surface area contributed by atoms with Crippen molar-refractivity contribution in [3.63, 3.8) is 0 Å². The van der Waals surface area contributed by atoms with Gasteiger partial charge in [-0.2, -0.15) is 4.80 Å². The van der Waals surface area contributed by atoms with Crippen molar-refractivity contribution in [3.8, 4) is 11.4 Å². The molecule has 11 heteroatoms. The maximum absolute atomic E-state index is 13.1. The van der Waals surface area contributed by atoms with Gasteiger partial charge in [-0.1, -0.05) is 0 Å². The smallest absolute Gasteiger partial charge is 0.244 e. The average molecular weight is 390 g/mol. The molecule has 2 N–H and O–H groups in total. The zero-order valence-corrected chi connectivity index (χ0v) is 14.2. The van der Waals surface area contributed by atoms with Crippen molar-refractivity contribution in [3.05, 3.63) is 59.9 Å². The second-order valence-electron chi connectivity index (χ2n) is 5.60. The molecule has 0 fully saturated rings. The van der Waals surface area contributed by atoms with E-state index < -0.39 is 35.8 Å². The summed E-state index contributed by atoms with van der Waals surface area (Å²) in [6, 6.07) is 8.32. The molecule has 28 heavy (non-hydrogen) atoms. The van der Waals surface area contributed by atoms with E-state index in [1.54, 1.807) is 0 Å². The summed E-state index contributed by atoms with van der Waals surface area (Å²) >= 11 is 0. The van der Waals surface area contributed by atoms with Gasteiger partial charge in [0.05, 0.1) is 6.54 Å². The molecule has 1 heterocycles. The summed E-state index contributed by atoms with van der Waals surface area (Å²) in [4.78, 5) is 24.7. The third-order valence-electron chi connectivity index (χ3n) is 3.49. The molecule has 2 amide bonds. The highest BCUT2D eigenvalue weighted by molar-refractivity contribution is 5.94. The number of amides is 2. The number of carbonyl (C=O) groups is 2. The molecule has 0 aliphatic heterocycles. The highest BCUT2D eigenvalue weighted by Crippen LogP contribution is 2.14. The van der Waals surface area contributed by atoms with Gasteiger partial charge in [0.25, 0.3) is 0 Å². The molecule has 0 spiro atoms. The molecule has 0 atom stereocenters. The Bertz CT molecular complexity index is 1010. The Labute approximate surface area is 156 Å². The van der Waals surface area contributed by atoms with Crippen molar-refractivity contribution in [2.45, 2.75) is 6.54 Å². The standard InChI is InChI=1S/C17H13F3N6O2/c18-11-3-1-10(2-4-11)17-23-25-26(24-17)9-16(28)21-8-15(27)22-12-5-6-13(19)14(20)7-12/h1-7H,8-9H2,(H,21,28)(H,22,27). The number of benzene rings is 2. The van der Waals surface area contributed by atoms with Gasteiger partial charge in [0.2, 0.25) is 17.6 Å². The van der Waals surface area contributed by atoms with E-state index in [1.165, 1.54) is 30.3 Å². The van der Waals surface area contributed by atoms with Crippen LogP contribution in [0.4, 0.5) is 18.9 Å². The number of nitrogens with zero attached hydrogens (tertiary/aromatic N) is 4. The quantitative estimate of drug-likeness (QED) is 0.664. The molecule has 8 nitrogen and oxygen atoms in total. The van der Waals surface area contributed by atoms with Crippen LogP contribution in [-0.2, 0) is 16.1 Å². The Hall–Kier alpha value is -3.76. The molecule has 0 unspecified atom stereocenters. The van der Waals surface area contributed by atoms with Crippen molar-refractivity contribution < 1.29 is 22.8 Å². The van der Waals surface area contributed by atoms with E-state index >= 15 is 0 Å². The van der Waals surface area contributed by atoms with Crippen molar-refractivity contribution in [1.82, 2.24) is 25.5 Å². The molecule has 0 aliphatic rings. The molecule has 0 saturated heterocycles. The lowest BCUT2D eigenvalue weighted by molar-refractivity contribution is -0.124. The Kier molecular flexibility index (Phi) is 5.63. The monoisotopic (exact) mass is 390 g/mol. The maximum atomic E-state index is 13.1. The molecule has 2 aromatic carbocycles. The number of aromatic nitrogens is 4. The maximum Gasteiger partial charge on any atom is 0.244 e. The van der Waals surface area contributed by atoms with Gasteiger partial charge < -0.3 is 10.6 Å². The van der Waals surface area contributed by atoms with Gasteiger partial charge in [-0.15, -0.1) is 10.2 Å². The van der Waals surface area contributed by atoms with Crippen LogP contribution in [0.1, 0.15) is 0 Å². The molecule has 0 aliphatic carbocycles. The number of anilines is 1. The average Bonchev–Trinajstić information content (AvgIpc) is 3.12. The minimum atomic E-state index is -1.10. The number of nitrogens with one attached hydrogen (secondary N) is 2. The lowest BCUT2D eigenvalue weighted by Crippen LogP contribution is -2.35. The fraction of sp³-hybridized carbons (Fsp3) is 0.118. The number of hydrogen-bond donors (Lipinski definition) is 2. The van der Waals surface area contributed by atoms with Gasteiger partial charge in [-0.25, -0.2) is 13.2 Å². The number of hydrogen-bond acceptors (Lipinski definition) is 5. The van der Waals surface area contributed by atoms with Crippen LogP contribution in [0.3, 0.4) is 0 Å². The molecule has 3 rings (SSSR count). The molecule has 144 valence electrons. The van der Waals surface area contributed by atoms with Gasteiger partial charge in [-0.3, -0.25) is 9.59 Å². The number of rotatable bonds is 6. The minimum absolute atomic E-state index is 0.0556. The molecule has 3 aromatic rings. The first-order valence-electron chi connectivity index (χ1n) is 7.96. The molecular formula is C17H13F3N6O2. The summed E-state index contributed by atoms with van der Waals surface area (Å²) in [7, 11) is 0. The lowest BCUT2D eigenvalue weighted by atomic mass is 10.2. The third-order valence-corrected chi connectivity index (χ3v) is 3.49. The summed E-state index contributed by atoms with van der Waals surface area (Å²) in [6.07, 6.45) is 0. The second-order valence-corrected chi connectivity index (χ2v) is 5.60. The largest absolute Gasteiger partial charge is 0.345 e. The highest BCUT2D eigenvalue weighted by atomic mass is 19.2. The van der Waals surface area contributed by atoms with Crippen molar-refractivity contribution in [1.29, 1.82) is 0 Å². The minimum Gasteiger partial charge on any atom is -0.345 e. The van der Waals surface area contributed by atoms with E-state index in [9.17, 15) is 22.8 Å². The van der Waals surface area contributed by atoms with E-state index in [1.807, 2.05) is 0 Å². The van der Waals surface area contributed by atoms with Crippen molar-refractivity contribution in [2.75, 3.05) is 11.9 Å². The molecule has 0 bridgehead atoms. The predicted molar refractivity (Wildman–Crippen MR) is 91.2 cm³/mol. The van der Waals surface area contributed by atoms with Crippen LogP contribution in [0, 0.1) is 17.5 Å². The van der Waals surface area contributed by atoms with E-state index in [4.69, 9.17) is 0 Å². The first-order chi connectivity index (χ1) is 13.4. The zero-order chi connectivity index (χ0) is 20.1. The Morgan fingerprint density at radius 1 is 0.964 bits per heavy atom. The topological polar surface area (TPSA) is 102 Å². The van der Waals surface area contributed by atoms with Crippen LogP contribution in [0.2, 0.25) is 0 Å². The fourth-order valence-electron chi connectivity index (χ4n) is 2.17. The van der Waals surface area contributed by atoms with Crippen LogP contribution in [-0.4, -0.2) is 38.6 Å². The van der Waals surface area contributed by atoms with Crippen LogP contribution >= 0.6 is 0 Å². The van der Waals surface area contributed by atoms with E-state index in [-0.39, 0.29) is 18.1 Å². The van der Waals surface area contributed by atoms with Gasteiger partial charge in [0.15, 0.2) is 11.6 Å². The van der Waals surface area contributed by atoms with E-state index in [0.29, 0.717) is 5.56 Å². The van der Waals surface area contributed by atoms with Crippen molar-refractivity contribution >= 4 is 17.5 Å². The summed E-state index contributed by atoms with van der Waals surface area (Å²) in [5, 5.41) is 16.1. The first kappa shape index (κ1) is 19.0. The van der Waals surface area contributed by atoms with Gasteiger partial charge in [0.1, 0.15) is 12.4 Å². The lowest BCUT2D eigenvalue weighted by Gasteiger charge is -2.07. The van der Waals surface area contributed by atoms with Gasteiger partial charge in [0, 0.05) is 17.3 Å². The Morgan fingerprint density at radius 2 is 1.71 bits per heavy atom.